The first-order valence-electron chi connectivity index (χ1n) is 7.01. The van der Waals surface area contributed by atoms with Gasteiger partial charge in [-0.25, -0.2) is 0 Å². The number of rotatable bonds is 4. The third-order valence-corrected chi connectivity index (χ3v) is 3.12. The maximum Gasteiger partial charge on any atom is 0.249 e. The summed E-state index contributed by atoms with van der Waals surface area (Å²) < 4.78 is 0. The van der Waals surface area contributed by atoms with Crippen LogP contribution in [0.3, 0.4) is 0 Å². The minimum absolute atomic E-state index is 0.263. The molecule has 0 bridgehead atoms. The van der Waals surface area contributed by atoms with Gasteiger partial charge in [-0.15, -0.1) is 5.10 Å². The van der Waals surface area contributed by atoms with Crippen LogP contribution in [-0.2, 0) is 0 Å². The average Bonchev–Trinajstić information content (AvgIpc) is 2.62. The molecular formula is C17H11N7. The normalized spacial score (nSPS) is 9.58. The summed E-state index contributed by atoms with van der Waals surface area (Å²) in [5.74, 6) is 0.733. The molecule has 7 nitrogen and oxygen atoms in total. The van der Waals surface area contributed by atoms with Gasteiger partial charge in [0.2, 0.25) is 5.95 Å². The number of nitrogens with one attached hydrogen (secondary N) is 2. The number of nitrogens with zero attached hydrogens (tertiary/aromatic N) is 5. The van der Waals surface area contributed by atoms with Crippen LogP contribution < -0.4 is 10.6 Å². The van der Waals surface area contributed by atoms with Gasteiger partial charge >= 0.3 is 0 Å². The molecule has 0 aliphatic rings. The molecule has 1 aromatic heterocycles. The summed E-state index contributed by atoms with van der Waals surface area (Å²) in [6.07, 6.45) is 1.47. The molecule has 24 heavy (non-hydrogen) atoms. The van der Waals surface area contributed by atoms with Gasteiger partial charge < -0.3 is 10.6 Å². The number of aromatic nitrogens is 3. The van der Waals surface area contributed by atoms with Crippen LogP contribution in [0.1, 0.15) is 11.1 Å². The molecule has 7 heteroatoms. The van der Waals surface area contributed by atoms with E-state index in [1.807, 2.05) is 12.1 Å². The minimum atomic E-state index is 0.263. The first-order valence-corrected chi connectivity index (χ1v) is 7.01. The van der Waals surface area contributed by atoms with E-state index in [0.717, 1.165) is 5.69 Å². The zero-order valence-corrected chi connectivity index (χ0v) is 12.4. The maximum absolute atomic E-state index is 9.11. The predicted molar refractivity (Wildman–Crippen MR) is 88.7 cm³/mol. The van der Waals surface area contributed by atoms with Gasteiger partial charge in [-0.1, -0.05) is 18.2 Å². The van der Waals surface area contributed by atoms with Crippen molar-refractivity contribution < 1.29 is 0 Å². The molecule has 0 aliphatic heterocycles. The SMILES string of the molecule is N#Cc1cccc(Nc2cnnc(Nc3ccccc3C#N)n2)c1. The Morgan fingerprint density at radius 2 is 1.79 bits per heavy atom. The Kier molecular flexibility index (Phi) is 4.27. The van der Waals surface area contributed by atoms with E-state index in [9.17, 15) is 0 Å². The molecule has 3 aromatic rings. The van der Waals surface area contributed by atoms with E-state index in [1.54, 1.807) is 36.4 Å². The molecular weight excluding hydrogens is 302 g/mol. The number of anilines is 4. The van der Waals surface area contributed by atoms with E-state index in [0.29, 0.717) is 22.6 Å². The lowest BCUT2D eigenvalue weighted by Crippen LogP contribution is -2.03. The molecule has 3 rings (SSSR count). The van der Waals surface area contributed by atoms with Crippen LogP contribution in [0.4, 0.5) is 23.1 Å². The largest absolute Gasteiger partial charge is 0.339 e. The van der Waals surface area contributed by atoms with E-state index in [-0.39, 0.29) is 5.95 Å². The lowest BCUT2D eigenvalue weighted by atomic mass is 10.2. The van der Waals surface area contributed by atoms with Gasteiger partial charge in [-0.2, -0.15) is 20.6 Å². The van der Waals surface area contributed by atoms with Crippen LogP contribution >= 0.6 is 0 Å². The number of nitriles is 2. The summed E-state index contributed by atoms with van der Waals surface area (Å²) in [6, 6.07) is 18.3. The molecule has 1 heterocycles. The zero-order valence-electron chi connectivity index (χ0n) is 12.4. The third-order valence-electron chi connectivity index (χ3n) is 3.12. The minimum Gasteiger partial charge on any atom is -0.339 e. The Bertz CT molecular complexity index is 953. The zero-order chi connectivity index (χ0) is 16.8. The van der Waals surface area contributed by atoms with Gasteiger partial charge in [0.05, 0.1) is 29.1 Å². The highest BCUT2D eigenvalue weighted by Gasteiger charge is 2.05. The first kappa shape index (κ1) is 14.9. The number of para-hydroxylation sites is 1. The van der Waals surface area contributed by atoms with E-state index >= 15 is 0 Å². The second kappa shape index (κ2) is 6.86. The Hall–Kier alpha value is -3.97. The molecule has 2 N–H and O–H groups in total. The molecule has 0 aliphatic carbocycles. The van der Waals surface area contributed by atoms with Crippen LogP contribution in [0.2, 0.25) is 0 Å². The summed E-state index contributed by atoms with van der Waals surface area (Å²) >= 11 is 0. The lowest BCUT2D eigenvalue weighted by Gasteiger charge is -2.08. The van der Waals surface area contributed by atoms with Crippen molar-refractivity contribution in [3.05, 3.63) is 65.9 Å². The van der Waals surface area contributed by atoms with E-state index < -0.39 is 0 Å². The molecule has 114 valence electrons. The van der Waals surface area contributed by atoms with E-state index in [2.05, 4.69) is 38.0 Å². The summed E-state index contributed by atoms with van der Waals surface area (Å²) in [4.78, 5) is 4.31. The molecule has 0 spiro atoms. The van der Waals surface area contributed by atoms with Gasteiger partial charge in [0.25, 0.3) is 0 Å². The van der Waals surface area contributed by atoms with Gasteiger partial charge in [0.15, 0.2) is 5.82 Å². The van der Waals surface area contributed by atoms with Crippen molar-refractivity contribution in [1.29, 1.82) is 10.5 Å². The number of hydrogen-bond donors (Lipinski definition) is 2. The van der Waals surface area contributed by atoms with Crippen molar-refractivity contribution in [2.75, 3.05) is 10.6 Å². The van der Waals surface area contributed by atoms with Crippen molar-refractivity contribution >= 4 is 23.1 Å². The fraction of sp³-hybridized carbons (Fsp3) is 0. The number of benzene rings is 2. The van der Waals surface area contributed by atoms with Gasteiger partial charge in [0, 0.05) is 5.69 Å². The Morgan fingerprint density at radius 3 is 2.62 bits per heavy atom. The van der Waals surface area contributed by atoms with Crippen molar-refractivity contribution in [3.63, 3.8) is 0 Å². The topological polar surface area (TPSA) is 110 Å². The molecule has 0 amide bonds. The smallest absolute Gasteiger partial charge is 0.249 e. The van der Waals surface area contributed by atoms with Crippen LogP contribution in [0.5, 0.6) is 0 Å². The summed E-state index contributed by atoms with van der Waals surface area (Å²) in [5, 5.41) is 31.9. The van der Waals surface area contributed by atoms with Crippen molar-refractivity contribution in [1.82, 2.24) is 15.2 Å². The molecule has 0 radical (unpaired) electrons. The van der Waals surface area contributed by atoms with Crippen LogP contribution in [0.15, 0.2) is 54.7 Å². The Balaban J connectivity index is 1.82. The average molecular weight is 313 g/mol. The standard InChI is InChI=1S/C17H11N7/c18-9-12-4-3-6-14(8-12)21-16-11-20-24-17(23-16)22-15-7-2-1-5-13(15)10-19/h1-8,11H,(H2,21,22,23,24). The Morgan fingerprint density at radius 1 is 0.917 bits per heavy atom. The quantitative estimate of drug-likeness (QED) is 0.761. The Labute approximate surface area is 138 Å². The van der Waals surface area contributed by atoms with Crippen LogP contribution in [0.25, 0.3) is 0 Å². The second-order valence-electron chi connectivity index (χ2n) is 4.77. The van der Waals surface area contributed by atoms with Gasteiger partial charge in [-0.3, -0.25) is 0 Å². The molecule has 0 saturated heterocycles. The fourth-order valence-electron chi connectivity index (χ4n) is 2.04. The maximum atomic E-state index is 9.11. The van der Waals surface area contributed by atoms with Gasteiger partial charge in [0.1, 0.15) is 6.07 Å². The summed E-state index contributed by atoms with van der Waals surface area (Å²) in [5.41, 5.74) is 2.35. The van der Waals surface area contributed by atoms with E-state index in [1.165, 1.54) is 6.20 Å². The number of hydrogen-bond acceptors (Lipinski definition) is 7. The summed E-state index contributed by atoms with van der Waals surface area (Å²) in [7, 11) is 0. The highest BCUT2D eigenvalue weighted by Crippen LogP contribution is 2.19. The summed E-state index contributed by atoms with van der Waals surface area (Å²) in [6.45, 7) is 0. The predicted octanol–water partition coefficient (Wildman–Crippen LogP) is 3.10. The van der Waals surface area contributed by atoms with Crippen molar-refractivity contribution in [2.24, 2.45) is 0 Å². The molecule has 0 fully saturated rings. The fourth-order valence-corrected chi connectivity index (χ4v) is 2.04. The van der Waals surface area contributed by atoms with Gasteiger partial charge in [-0.05, 0) is 30.3 Å². The van der Waals surface area contributed by atoms with Crippen molar-refractivity contribution in [2.45, 2.75) is 0 Å². The van der Waals surface area contributed by atoms with Crippen LogP contribution in [-0.4, -0.2) is 15.2 Å². The molecule has 2 aromatic carbocycles. The third kappa shape index (κ3) is 3.43. The molecule has 0 saturated carbocycles. The van der Waals surface area contributed by atoms with Crippen molar-refractivity contribution in [3.8, 4) is 12.1 Å². The molecule has 0 atom stereocenters. The second-order valence-corrected chi connectivity index (χ2v) is 4.77. The van der Waals surface area contributed by atoms with E-state index in [4.69, 9.17) is 10.5 Å². The lowest BCUT2D eigenvalue weighted by molar-refractivity contribution is 0.982. The van der Waals surface area contributed by atoms with Crippen LogP contribution in [0, 0.1) is 22.7 Å². The highest BCUT2D eigenvalue weighted by atomic mass is 15.3. The monoisotopic (exact) mass is 313 g/mol. The first-order chi connectivity index (χ1) is 11.8. The molecule has 0 unspecified atom stereocenters. The highest BCUT2D eigenvalue weighted by molar-refractivity contribution is 5.64.